The van der Waals surface area contributed by atoms with Gasteiger partial charge in [0.25, 0.3) is 10.0 Å². The van der Waals surface area contributed by atoms with Gasteiger partial charge in [-0.1, -0.05) is 35.3 Å². The van der Waals surface area contributed by atoms with E-state index in [-0.39, 0.29) is 44.0 Å². The van der Waals surface area contributed by atoms with Crippen molar-refractivity contribution in [2.75, 3.05) is 11.4 Å². The zero-order valence-corrected chi connectivity index (χ0v) is 18.9. The molecule has 0 bridgehead atoms. The fourth-order valence-electron chi connectivity index (χ4n) is 3.01. The zero-order valence-electron chi connectivity index (χ0n) is 16.6. The molecule has 164 valence electrons. The number of ether oxygens (including phenoxy) is 1. The lowest BCUT2D eigenvalue weighted by atomic mass is 10.1. The van der Waals surface area contributed by atoms with Crippen molar-refractivity contribution in [3.63, 3.8) is 0 Å². The number of nitriles is 1. The lowest BCUT2D eigenvalue weighted by molar-refractivity contribution is 0.0693. The molecule has 0 heterocycles. The number of hydrogen-bond acceptors (Lipinski definition) is 5. The molecular formula is C22H16Cl2N2O5S. The second kappa shape index (κ2) is 9.49. The fourth-order valence-corrected chi connectivity index (χ4v) is 5.00. The number of carboxylic acid groups (broad SMARTS) is 1. The second-order valence-corrected chi connectivity index (χ2v) is 9.22. The summed E-state index contributed by atoms with van der Waals surface area (Å²) in [5.74, 6) is -1.22. The van der Waals surface area contributed by atoms with E-state index in [4.69, 9.17) is 27.9 Å². The first-order valence-electron chi connectivity index (χ1n) is 9.06. The monoisotopic (exact) mass is 490 g/mol. The Balaban J connectivity index is 2.24. The number of hydrogen-bond donors (Lipinski definition) is 1. The quantitative estimate of drug-likeness (QED) is 0.500. The molecule has 0 spiro atoms. The number of aromatic carboxylic acids is 1. The van der Waals surface area contributed by atoms with Gasteiger partial charge < -0.3 is 9.84 Å². The lowest BCUT2D eigenvalue weighted by Crippen LogP contribution is -2.31. The molecule has 1 N–H and O–H groups in total. The van der Waals surface area contributed by atoms with E-state index >= 15 is 0 Å². The molecule has 7 nitrogen and oxygen atoms in total. The van der Waals surface area contributed by atoms with E-state index in [1.54, 1.807) is 18.2 Å². The van der Waals surface area contributed by atoms with Gasteiger partial charge in [-0.15, -0.1) is 0 Å². The number of methoxy groups -OCH3 is 1. The van der Waals surface area contributed by atoms with Crippen LogP contribution in [0.5, 0.6) is 5.75 Å². The van der Waals surface area contributed by atoms with E-state index in [0.29, 0.717) is 5.56 Å². The molecule has 3 rings (SSSR count). The zero-order chi connectivity index (χ0) is 23.5. The average Bonchev–Trinajstić information content (AvgIpc) is 2.78. The first-order valence-corrected chi connectivity index (χ1v) is 11.3. The molecule has 3 aromatic rings. The summed E-state index contributed by atoms with van der Waals surface area (Å²) in [7, 11) is -2.94. The number of rotatable bonds is 7. The predicted molar refractivity (Wildman–Crippen MR) is 121 cm³/mol. The maximum absolute atomic E-state index is 13.6. The van der Waals surface area contributed by atoms with Gasteiger partial charge in [-0.25, -0.2) is 13.2 Å². The number of benzene rings is 3. The summed E-state index contributed by atoms with van der Waals surface area (Å²) in [5, 5.41) is 19.2. The molecule has 0 aliphatic rings. The molecule has 0 unspecified atom stereocenters. The van der Waals surface area contributed by atoms with E-state index < -0.39 is 16.0 Å². The largest absolute Gasteiger partial charge is 0.496 e. The molecule has 0 saturated heterocycles. The first kappa shape index (κ1) is 23.4. The van der Waals surface area contributed by atoms with Crippen molar-refractivity contribution in [3.8, 4) is 11.8 Å². The van der Waals surface area contributed by atoms with Gasteiger partial charge in [-0.05, 0) is 48.5 Å². The Morgan fingerprint density at radius 1 is 1.09 bits per heavy atom. The number of nitrogens with zero attached hydrogens (tertiary/aromatic N) is 2. The van der Waals surface area contributed by atoms with Gasteiger partial charge in [0.2, 0.25) is 0 Å². The Morgan fingerprint density at radius 3 is 2.34 bits per heavy atom. The number of sulfonamides is 1. The van der Waals surface area contributed by atoms with Gasteiger partial charge in [0.1, 0.15) is 11.3 Å². The van der Waals surface area contributed by atoms with Crippen LogP contribution in [-0.4, -0.2) is 26.6 Å². The first-order chi connectivity index (χ1) is 15.2. The van der Waals surface area contributed by atoms with Gasteiger partial charge >= 0.3 is 5.97 Å². The summed E-state index contributed by atoms with van der Waals surface area (Å²) in [6.07, 6.45) is 0. The van der Waals surface area contributed by atoms with Crippen LogP contribution in [0.1, 0.15) is 21.5 Å². The highest BCUT2D eigenvalue weighted by Crippen LogP contribution is 2.34. The molecular weight excluding hydrogens is 475 g/mol. The molecule has 0 aliphatic heterocycles. The van der Waals surface area contributed by atoms with Gasteiger partial charge in [-0.2, -0.15) is 5.26 Å². The molecule has 0 aliphatic carbocycles. The summed E-state index contributed by atoms with van der Waals surface area (Å²) in [4.78, 5) is 11.6. The highest BCUT2D eigenvalue weighted by molar-refractivity contribution is 7.92. The number of anilines is 1. The minimum absolute atomic E-state index is 0.0570. The average molecular weight is 491 g/mol. The Bertz CT molecular complexity index is 1320. The minimum Gasteiger partial charge on any atom is -0.496 e. The van der Waals surface area contributed by atoms with Gasteiger partial charge in [0, 0.05) is 15.6 Å². The fraction of sp³-hybridized carbons (Fsp3) is 0.0909. The highest BCUT2D eigenvalue weighted by Gasteiger charge is 2.28. The van der Waals surface area contributed by atoms with Crippen molar-refractivity contribution < 1.29 is 23.1 Å². The van der Waals surface area contributed by atoms with Crippen molar-refractivity contribution in [2.45, 2.75) is 11.4 Å². The van der Waals surface area contributed by atoms with Crippen LogP contribution in [0, 0.1) is 11.3 Å². The highest BCUT2D eigenvalue weighted by atomic mass is 35.5. The van der Waals surface area contributed by atoms with Crippen LogP contribution >= 0.6 is 23.2 Å². The Kier molecular flexibility index (Phi) is 6.94. The van der Waals surface area contributed by atoms with E-state index in [9.17, 15) is 23.6 Å². The lowest BCUT2D eigenvalue weighted by Gasteiger charge is -2.26. The minimum atomic E-state index is -4.25. The van der Waals surface area contributed by atoms with Gasteiger partial charge in [-0.3, -0.25) is 4.31 Å². The van der Waals surface area contributed by atoms with Crippen LogP contribution in [-0.2, 0) is 16.6 Å². The third kappa shape index (κ3) is 4.65. The van der Waals surface area contributed by atoms with Crippen molar-refractivity contribution in [2.24, 2.45) is 0 Å². The van der Waals surface area contributed by atoms with E-state index in [0.717, 1.165) is 4.31 Å². The predicted octanol–water partition coefficient (Wildman–Crippen LogP) is 4.97. The molecule has 0 radical (unpaired) electrons. The van der Waals surface area contributed by atoms with Crippen molar-refractivity contribution >= 4 is 44.9 Å². The van der Waals surface area contributed by atoms with Crippen molar-refractivity contribution in [3.05, 3.63) is 87.4 Å². The van der Waals surface area contributed by atoms with Crippen LogP contribution in [0.15, 0.2) is 65.6 Å². The van der Waals surface area contributed by atoms with Gasteiger partial charge in [0.05, 0.1) is 35.9 Å². The van der Waals surface area contributed by atoms with Crippen LogP contribution in [0.4, 0.5) is 5.69 Å². The van der Waals surface area contributed by atoms with E-state index in [1.165, 1.54) is 49.6 Å². The molecule has 10 heteroatoms. The molecule has 32 heavy (non-hydrogen) atoms. The molecule has 0 fully saturated rings. The van der Waals surface area contributed by atoms with Crippen molar-refractivity contribution in [1.29, 1.82) is 5.26 Å². The Labute approximate surface area is 195 Å². The molecule has 0 atom stereocenters. The maximum Gasteiger partial charge on any atom is 0.339 e. The summed E-state index contributed by atoms with van der Waals surface area (Å²) >= 11 is 12.5. The van der Waals surface area contributed by atoms with E-state index in [1.807, 2.05) is 6.07 Å². The molecule has 0 amide bonds. The van der Waals surface area contributed by atoms with Crippen molar-refractivity contribution in [1.82, 2.24) is 0 Å². The molecule has 3 aromatic carbocycles. The SMILES string of the molecule is COc1ccc(N(Cc2c(Cl)cccc2Cl)S(=O)(=O)c2cccc(C#N)c2)cc1C(=O)O. The number of carbonyl (C=O) groups is 1. The summed E-state index contributed by atoms with van der Waals surface area (Å²) in [6, 6.07) is 16.1. The summed E-state index contributed by atoms with van der Waals surface area (Å²) in [5.41, 5.74) is 0.328. The second-order valence-electron chi connectivity index (χ2n) is 6.54. The third-order valence-corrected chi connectivity index (χ3v) is 7.09. The Morgan fingerprint density at radius 2 is 1.75 bits per heavy atom. The molecule has 0 aromatic heterocycles. The number of carboxylic acids is 1. The van der Waals surface area contributed by atoms with Crippen LogP contribution < -0.4 is 9.04 Å². The molecule has 0 saturated carbocycles. The van der Waals surface area contributed by atoms with E-state index in [2.05, 4.69) is 0 Å². The Hall–Kier alpha value is -3.25. The smallest absolute Gasteiger partial charge is 0.339 e. The summed E-state index contributed by atoms with van der Waals surface area (Å²) < 4.78 is 33.3. The van der Waals surface area contributed by atoms with Crippen LogP contribution in [0.3, 0.4) is 0 Å². The maximum atomic E-state index is 13.6. The van der Waals surface area contributed by atoms with Gasteiger partial charge in [0.15, 0.2) is 0 Å². The summed E-state index contributed by atoms with van der Waals surface area (Å²) in [6.45, 7) is -0.275. The van der Waals surface area contributed by atoms with Crippen LogP contribution in [0.25, 0.3) is 0 Å². The topological polar surface area (TPSA) is 108 Å². The normalized spacial score (nSPS) is 10.9. The standard InChI is InChI=1S/C22H16Cl2N2O5S/c1-31-21-9-8-15(11-17(21)22(27)28)26(13-18-19(23)6-3-7-20(18)24)32(29,30)16-5-2-4-14(10-16)12-25/h2-11H,13H2,1H3,(H,27,28). The van der Waals surface area contributed by atoms with Crippen LogP contribution in [0.2, 0.25) is 10.0 Å². The third-order valence-electron chi connectivity index (χ3n) is 4.62. The number of halogens is 2.